The van der Waals surface area contributed by atoms with Gasteiger partial charge in [0.15, 0.2) is 0 Å². The highest BCUT2D eigenvalue weighted by Crippen LogP contribution is 2.29. The third-order valence-corrected chi connectivity index (χ3v) is 2.69. The molecule has 0 bridgehead atoms. The topological polar surface area (TPSA) is 36.4 Å². The molecule has 4 heteroatoms. The van der Waals surface area contributed by atoms with Crippen LogP contribution in [0.4, 0.5) is 5.82 Å². The molecule has 0 unspecified atom stereocenters. The molecule has 0 saturated carbocycles. The summed E-state index contributed by atoms with van der Waals surface area (Å²) in [5.74, 6) is 0.784. The monoisotopic (exact) mass is 198 g/mol. The van der Waals surface area contributed by atoms with Crippen LogP contribution in [0.2, 0.25) is 5.02 Å². The van der Waals surface area contributed by atoms with Crippen molar-refractivity contribution in [2.75, 3.05) is 18.0 Å². The maximum atomic E-state index is 9.13. The molecule has 1 aromatic heterocycles. The summed E-state index contributed by atoms with van der Waals surface area (Å²) in [6, 6.07) is 1.88. The zero-order chi connectivity index (χ0) is 9.42. The lowest BCUT2D eigenvalue weighted by atomic mass is 10.1. The first kappa shape index (κ1) is 8.78. The molecule has 70 valence electrons. The second-order valence-corrected chi connectivity index (χ2v) is 3.70. The standard InChI is InChI=1S/C9H11ClN2O/c1-6-2-3-11-9(8(6)10)12-4-7(13)5-12/h2-3,7,13H,4-5H2,1H3. The van der Waals surface area contributed by atoms with Gasteiger partial charge in [-0.2, -0.15) is 0 Å². The van der Waals surface area contributed by atoms with Crippen LogP contribution in [0, 0.1) is 6.92 Å². The molecular weight excluding hydrogens is 188 g/mol. The smallest absolute Gasteiger partial charge is 0.147 e. The van der Waals surface area contributed by atoms with Gasteiger partial charge in [-0.05, 0) is 18.6 Å². The first-order valence-corrected chi connectivity index (χ1v) is 4.60. The SMILES string of the molecule is Cc1ccnc(N2CC(O)C2)c1Cl. The predicted molar refractivity (Wildman–Crippen MR) is 52.2 cm³/mol. The number of halogens is 1. The van der Waals surface area contributed by atoms with Crippen LogP contribution in [0.1, 0.15) is 5.56 Å². The van der Waals surface area contributed by atoms with Gasteiger partial charge in [-0.15, -0.1) is 0 Å². The van der Waals surface area contributed by atoms with E-state index in [4.69, 9.17) is 16.7 Å². The van der Waals surface area contributed by atoms with Crippen LogP contribution in [-0.4, -0.2) is 29.3 Å². The van der Waals surface area contributed by atoms with Gasteiger partial charge >= 0.3 is 0 Å². The highest BCUT2D eigenvalue weighted by atomic mass is 35.5. The van der Waals surface area contributed by atoms with Crippen molar-refractivity contribution >= 4 is 17.4 Å². The number of hydrogen-bond donors (Lipinski definition) is 1. The Morgan fingerprint density at radius 1 is 1.62 bits per heavy atom. The zero-order valence-electron chi connectivity index (χ0n) is 7.37. The van der Waals surface area contributed by atoms with Crippen molar-refractivity contribution in [1.82, 2.24) is 4.98 Å². The van der Waals surface area contributed by atoms with E-state index in [2.05, 4.69) is 4.98 Å². The number of aliphatic hydroxyl groups excluding tert-OH is 1. The Labute approximate surface area is 82.0 Å². The lowest BCUT2D eigenvalue weighted by Gasteiger charge is -2.37. The van der Waals surface area contributed by atoms with E-state index < -0.39 is 0 Å². The molecule has 0 spiro atoms. The van der Waals surface area contributed by atoms with Crippen LogP contribution < -0.4 is 4.90 Å². The van der Waals surface area contributed by atoms with Crippen molar-refractivity contribution in [2.24, 2.45) is 0 Å². The third-order valence-electron chi connectivity index (χ3n) is 2.23. The molecule has 1 N–H and O–H groups in total. The lowest BCUT2D eigenvalue weighted by molar-refractivity contribution is 0.141. The molecule has 0 atom stereocenters. The van der Waals surface area contributed by atoms with E-state index >= 15 is 0 Å². The Morgan fingerprint density at radius 3 is 2.92 bits per heavy atom. The number of aryl methyl sites for hydroxylation is 1. The lowest BCUT2D eigenvalue weighted by Crippen LogP contribution is -2.51. The molecule has 3 nitrogen and oxygen atoms in total. The van der Waals surface area contributed by atoms with Crippen molar-refractivity contribution in [1.29, 1.82) is 0 Å². The molecule has 0 radical (unpaired) electrons. The largest absolute Gasteiger partial charge is 0.389 e. The van der Waals surface area contributed by atoms with Gasteiger partial charge in [0.05, 0.1) is 11.1 Å². The molecule has 0 aromatic carbocycles. The minimum atomic E-state index is -0.224. The summed E-state index contributed by atoms with van der Waals surface area (Å²) in [7, 11) is 0. The van der Waals surface area contributed by atoms with Crippen molar-refractivity contribution in [3.05, 3.63) is 22.8 Å². The number of pyridine rings is 1. The van der Waals surface area contributed by atoms with Crippen LogP contribution in [0.15, 0.2) is 12.3 Å². The Bertz CT molecular complexity index is 323. The summed E-state index contributed by atoms with van der Waals surface area (Å²) in [5.41, 5.74) is 1.02. The maximum absolute atomic E-state index is 9.13. The molecular formula is C9H11ClN2O. The minimum Gasteiger partial charge on any atom is -0.389 e. The van der Waals surface area contributed by atoms with E-state index in [1.807, 2.05) is 17.9 Å². The van der Waals surface area contributed by atoms with E-state index in [0.717, 1.165) is 11.4 Å². The summed E-state index contributed by atoms with van der Waals surface area (Å²) in [6.07, 6.45) is 1.51. The van der Waals surface area contributed by atoms with Gasteiger partial charge in [0, 0.05) is 19.3 Å². The Balaban J connectivity index is 2.26. The number of nitrogens with zero attached hydrogens (tertiary/aromatic N) is 2. The van der Waals surface area contributed by atoms with Gasteiger partial charge in [0.25, 0.3) is 0 Å². The maximum Gasteiger partial charge on any atom is 0.147 e. The molecule has 0 amide bonds. The van der Waals surface area contributed by atoms with Crippen LogP contribution in [-0.2, 0) is 0 Å². The van der Waals surface area contributed by atoms with Crippen molar-refractivity contribution in [3.8, 4) is 0 Å². The van der Waals surface area contributed by atoms with E-state index in [0.29, 0.717) is 18.1 Å². The Morgan fingerprint density at radius 2 is 2.31 bits per heavy atom. The molecule has 1 fully saturated rings. The van der Waals surface area contributed by atoms with E-state index in [-0.39, 0.29) is 6.10 Å². The van der Waals surface area contributed by atoms with Gasteiger partial charge < -0.3 is 10.0 Å². The molecule has 0 aliphatic carbocycles. The average Bonchev–Trinajstić information content (AvgIpc) is 2.05. The van der Waals surface area contributed by atoms with Gasteiger partial charge in [-0.25, -0.2) is 4.98 Å². The molecule has 2 rings (SSSR count). The predicted octanol–water partition coefficient (Wildman–Crippen LogP) is 1.22. The first-order valence-electron chi connectivity index (χ1n) is 4.22. The van der Waals surface area contributed by atoms with E-state index in [9.17, 15) is 0 Å². The van der Waals surface area contributed by atoms with Crippen molar-refractivity contribution < 1.29 is 5.11 Å². The highest BCUT2D eigenvalue weighted by Gasteiger charge is 2.27. The molecule has 1 aliphatic rings. The third kappa shape index (κ3) is 1.49. The molecule has 1 aliphatic heterocycles. The highest BCUT2D eigenvalue weighted by molar-refractivity contribution is 6.33. The summed E-state index contributed by atoms with van der Waals surface area (Å²) >= 11 is 6.06. The van der Waals surface area contributed by atoms with Crippen LogP contribution in [0.25, 0.3) is 0 Å². The Hall–Kier alpha value is -0.800. The summed E-state index contributed by atoms with van der Waals surface area (Å²) in [4.78, 5) is 6.15. The van der Waals surface area contributed by atoms with E-state index in [1.54, 1.807) is 6.20 Å². The van der Waals surface area contributed by atoms with Crippen molar-refractivity contribution in [3.63, 3.8) is 0 Å². The Kier molecular flexibility index (Phi) is 2.14. The van der Waals surface area contributed by atoms with Crippen LogP contribution in [0.5, 0.6) is 0 Å². The van der Waals surface area contributed by atoms with Crippen LogP contribution in [0.3, 0.4) is 0 Å². The van der Waals surface area contributed by atoms with Gasteiger partial charge in [-0.1, -0.05) is 11.6 Å². The molecule has 1 aromatic rings. The number of hydrogen-bond acceptors (Lipinski definition) is 3. The minimum absolute atomic E-state index is 0.224. The number of rotatable bonds is 1. The number of anilines is 1. The van der Waals surface area contributed by atoms with Gasteiger partial charge in [-0.3, -0.25) is 0 Å². The number of aliphatic hydroxyl groups is 1. The quantitative estimate of drug-likeness (QED) is 0.738. The van der Waals surface area contributed by atoms with Gasteiger partial charge in [0.2, 0.25) is 0 Å². The second-order valence-electron chi connectivity index (χ2n) is 3.32. The zero-order valence-corrected chi connectivity index (χ0v) is 8.12. The van der Waals surface area contributed by atoms with E-state index in [1.165, 1.54) is 0 Å². The summed E-state index contributed by atoms with van der Waals surface area (Å²) in [5, 5.41) is 9.82. The summed E-state index contributed by atoms with van der Waals surface area (Å²) < 4.78 is 0. The molecule has 1 saturated heterocycles. The fraction of sp³-hybridized carbons (Fsp3) is 0.444. The van der Waals surface area contributed by atoms with Crippen molar-refractivity contribution in [2.45, 2.75) is 13.0 Å². The molecule has 2 heterocycles. The van der Waals surface area contributed by atoms with Crippen LogP contribution >= 0.6 is 11.6 Å². The average molecular weight is 199 g/mol. The second kappa shape index (κ2) is 3.16. The fourth-order valence-electron chi connectivity index (χ4n) is 1.37. The number of β-amino-alcohol motifs (C(OH)–C–C–N with tert-alkyl or cyclic N) is 1. The first-order chi connectivity index (χ1) is 6.18. The molecule has 13 heavy (non-hydrogen) atoms. The number of aromatic nitrogens is 1. The fourth-order valence-corrected chi connectivity index (χ4v) is 1.61. The summed E-state index contributed by atoms with van der Waals surface area (Å²) in [6.45, 7) is 3.22. The normalized spacial score (nSPS) is 17.3. The van der Waals surface area contributed by atoms with Gasteiger partial charge in [0.1, 0.15) is 5.82 Å².